The molecule has 0 aromatic rings. The van der Waals surface area contributed by atoms with E-state index in [9.17, 15) is 8.78 Å². The maximum absolute atomic E-state index is 12.9. The van der Waals surface area contributed by atoms with Crippen molar-refractivity contribution < 1.29 is 8.78 Å². The normalized spacial score (nSPS) is 21.4. The van der Waals surface area contributed by atoms with Gasteiger partial charge in [0.2, 0.25) is 0 Å². The molecule has 84 valence electrons. The lowest BCUT2D eigenvalue weighted by Crippen LogP contribution is -2.51. The summed E-state index contributed by atoms with van der Waals surface area (Å²) in [7, 11) is 0. The molecule has 0 aromatic heterocycles. The highest BCUT2D eigenvalue weighted by Gasteiger charge is 2.30. The molecule has 0 atom stereocenters. The second-order valence-corrected chi connectivity index (χ2v) is 3.77. The predicted octanol–water partition coefficient (Wildman–Crippen LogP) is 0.218. The van der Waals surface area contributed by atoms with Gasteiger partial charge in [0.25, 0.3) is 5.92 Å². The smallest absolute Gasteiger partial charge is 0.272 e. The number of nitrogens with zero attached hydrogens (tertiary/aromatic N) is 2. The Balaban J connectivity index is 2.28. The van der Waals surface area contributed by atoms with Crippen LogP contribution in [0.3, 0.4) is 0 Å². The van der Waals surface area contributed by atoms with E-state index in [0.717, 1.165) is 32.7 Å². The molecule has 1 aliphatic rings. The summed E-state index contributed by atoms with van der Waals surface area (Å²) in [6, 6.07) is 0. The summed E-state index contributed by atoms with van der Waals surface area (Å²) >= 11 is 0. The molecule has 0 saturated carbocycles. The van der Waals surface area contributed by atoms with Gasteiger partial charge in [-0.3, -0.25) is 4.90 Å². The molecule has 0 bridgehead atoms. The van der Waals surface area contributed by atoms with Gasteiger partial charge in [0, 0.05) is 26.2 Å². The standard InChI is InChI=1S/C9H19F2N3/c1-2-13-3-5-14(6-4-13)8-9(10,11)7-12/h2-8,12H2,1H3. The number of hydrogen-bond acceptors (Lipinski definition) is 3. The quantitative estimate of drug-likeness (QED) is 0.715. The number of halogens is 2. The Labute approximate surface area is 83.8 Å². The number of nitrogens with two attached hydrogens (primary N) is 1. The van der Waals surface area contributed by atoms with Crippen molar-refractivity contribution in [2.75, 3.05) is 45.8 Å². The Morgan fingerprint density at radius 2 is 1.64 bits per heavy atom. The summed E-state index contributed by atoms with van der Waals surface area (Å²) < 4.78 is 25.9. The van der Waals surface area contributed by atoms with Crippen molar-refractivity contribution in [3.63, 3.8) is 0 Å². The van der Waals surface area contributed by atoms with Crippen molar-refractivity contribution >= 4 is 0 Å². The number of alkyl halides is 2. The molecule has 0 amide bonds. The monoisotopic (exact) mass is 207 g/mol. The molecule has 5 heteroatoms. The number of hydrogen-bond donors (Lipinski definition) is 1. The van der Waals surface area contributed by atoms with E-state index < -0.39 is 12.5 Å². The topological polar surface area (TPSA) is 32.5 Å². The fourth-order valence-electron chi connectivity index (χ4n) is 1.66. The van der Waals surface area contributed by atoms with Crippen LogP contribution < -0.4 is 5.73 Å². The van der Waals surface area contributed by atoms with Crippen LogP contribution in [0.25, 0.3) is 0 Å². The molecule has 0 aromatic carbocycles. The van der Waals surface area contributed by atoms with Crippen LogP contribution in [0.15, 0.2) is 0 Å². The molecule has 2 N–H and O–H groups in total. The van der Waals surface area contributed by atoms with E-state index in [0.29, 0.717) is 0 Å². The first kappa shape index (κ1) is 11.8. The highest BCUT2D eigenvalue weighted by Crippen LogP contribution is 2.14. The second kappa shape index (κ2) is 5.00. The van der Waals surface area contributed by atoms with Crippen LogP contribution in [-0.4, -0.2) is 61.5 Å². The predicted molar refractivity (Wildman–Crippen MR) is 52.6 cm³/mol. The van der Waals surface area contributed by atoms with Crippen LogP contribution in [0.1, 0.15) is 6.92 Å². The summed E-state index contributed by atoms with van der Waals surface area (Å²) in [5, 5.41) is 0. The van der Waals surface area contributed by atoms with Crippen LogP contribution in [0.2, 0.25) is 0 Å². The Hall–Kier alpha value is -0.260. The Bertz CT molecular complexity index is 167. The maximum Gasteiger partial charge on any atom is 0.272 e. The van der Waals surface area contributed by atoms with E-state index in [-0.39, 0.29) is 6.54 Å². The summed E-state index contributed by atoms with van der Waals surface area (Å²) in [6.45, 7) is 5.56. The molecule has 0 unspecified atom stereocenters. The average molecular weight is 207 g/mol. The van der Waals surface area contributed by atoms with Gasteiger partial charge in [0.15, 0.2) is 0 Å². The van der Waals surface area contributed by atoms with Crippen molar-refractivity contribution in [2.45, 2.75) is 12.8 Å². The number of rotatable bonds is 4. The van der Waals surface area contributed by atoms with Gasteiger partial charge >= 0.3 is 0 Å². The van der Waals surface area contributed by atoms with Gasteiger partial charge < -0.3 is 10.6 Å². The molecule has 1 saturated heterocycles. The van der Waals surface area contributed by atoms with Crippen molar-refractivity contribution in [2.24, 2.45) is 5.73 Å². The van der Waals surface area contributed by atoms with Crippen molar-refractivity contribution in [1.29, 1.82) is 0 Å². The van der Waals surface area contributed by atoms with Crippen LogP contribution >= 0.6 is 0 Å². The summed E-state index contributed by atoms with van der Waals surface area (Å²) in [4.78, 5) is 4.05. The largest absolute Gasteiger partial charge is 0.325 e. The second-order valence-electron chi connectivity index (χ2n) is 3.77. The first-order valence-electron chi connectivity index (χ1n) is 5.10. The third-order valence-electron chi connectivity index (χ3n) is 2.67. The molecule has 0 aliphatic carbocycles. The van der Waals surface area contributed by atoms with E-state index >= 15 is 0 Å². The lowest BCUT2D eigenvalue weighted by atomic mass is 10.2. The Morgan fingerprint density at radius 1 is 1.14 bits per heavy atom. The third-order valence-corrected chi connectivity index (χ3v) is 2.67. The van der Waals surface area contributed by atoms with Gasteiger partial charge in [0.05, 0.1) is 13.1 Å². The molecule has 1 heterocycles. The number of likely N-dealkylation sites (N-methyl/N-ethyl adjacent to an activating group) is 1. The van der Waals surface area contributed by atoms with E-state index in [4.69, 9.17) is 5.73 Å². The van der Waals surface area contributed by atoms with Crippen molar-refractivity contribution in [1.82, 2.24) is 9.80 Å². The fraction of sp³-hybridized carbons (Fsp3) is 1.00. The van der Waals surface area contributed by atoms with Crippen molar-refractivity contribution in [3.05, 3.63) is 0 Å². The van der Waals surface area contributed by atoms with E-state index in [1.165, 1.54) is 0 Å². The zero-order valence-electron chi connectivity index (χ0n) is 8.68. The molecule has 1 fully saturated rings. The van der Waals surface area contributed by atoms with E-state index in [1.54, 1.807) is 4.90 Å². The lowest BCUT2D eigenvalue weighted by Gasteiger charge is -2.35. The molecular weight excluding hydrogens is 188 g/mol. The molecule has 1 aliphatic heterocycles. The Morgan fingerprint density at radius 3 is 2.07 bits per heavy atom. The highest BCUT2D eigenvalue weighted by molar-refractivity contribution is 4.77. The first-order valence-corrected chi connectivity index (χ1v) is 5.10. The highest BCUT2D eigenvalue weighted by atomic mass is 19.3. The molecule has 0 radical (unpaired) electrons. The Kier molecular flexibility index (Phi) is 4.22. The van der Waals surface area contributed by atoms with Crippen molar-refractivity contribution in [3.8, 4) is 0 Å². The van der Waals surface area contributed by atoms with Gasteiger partial charge in [-0.05, 0) is 6.54 Å². The SMILES string of the molecule is CCN1CCN(CC(F)(F)CN)CC1. The molecule has 0 spiro atoms. The zero-order chi connectivity index (χ0) is 10.6. The summed E-state index contributed by atoms with van der Waals surface area (Å²) in [6.07, 6.45) is 0. The van der Waals surface area contributed by atoms with Crippen LogP contribution in [0, 0.1) is 0 Å². The van der Waals surface area contributed by atoms with Gasteiger partial charge in [-0.2, -0.15) is 0 Å². The van der Waals surface area contributed by atoms with Crippen LogP contribution in [-0.2, 0) is 0 Å². The molecule has 3 nitrogen and oxygen atoms in total. The molecular formula is C9H19F2N3. The zero-order valence-corrected chi connectivity index (χ0v) is 8.68. The summed E-state index contributed by atoms with van der Waals surface area (Å²) in [5.74, 6) is -2.73. The van der Waals surface area contributed by atoms with E-state index in [2.05, 4.69) is 11.8 Å². The minimum absolute atomic E-state index is 0.193. The first-order chi connectivity index (χ1) is 6.57. The molecule has 14 heavy (non-hydrogen) atoms. The van der Waals surface area contributed by atoms with Gasteiger partial charge in [-0.25, -0.2) is 8.78 Å². The molecule has 1 rings (SSSR count). The minimum atomic E-state index is -2.73. The van der Waals surface area contributed by atoms with Gasteiger partial charge in [0.1, 0.15) is 0 Å². The van der Waals surface area contributed by atoms with Crippen LogP contribution in [0.5, 0.6) is 0 Å². The maximum atomic E-state index is 12.9. The van der Waals surface area contributed by atoms with Gasteiger partial charge in [-0.1, -0.05) is 6.92 Å². The minimum Gasteiger partial charge on any atom is -0.325 e. The average Bonchev–Trinajstić information content (AvgIpc) is 2.19. The third kappa shape index (κ3) is 3.48. The van der Waals surface area contributed by atoms with E-state index in [1.807, 2.05) is 0 Å². The fourth-order valence-corrected chi connectivity index (χ4v) is 1.66. The number of piperazine rings is 1. The lowest BCUT2D eigenvalue weighted by molar-refractivity contribution is -0.0334. The van der Waals surface area contributed by atoms with Gasteiger partial charge in [-0.15, -0.1) is 0 Å². The van der Waals surface area contributed by atoms with Crippen LogP contribution in [0.4, 0.5) is 8.78 Å². The summed E-state index contributed by atoms with van der Waals surface area (Å²) in [5.41, 5.74) is 4.99.